The fraction of sp³-hybridized carbons (Fsp3) is 0.893. The summed E-state index contributed by atoms with van der Waals surface area (Å²) in [4.78, 5) is 24.5. The molecule has 0 aliphatic carbocycles. The Balaban J connectivity index is 3.51. The highest BCUT2D eigenvalue weighted by Gasteiger charge is 2.20. The molecular formula is C56H107NO5. The molecule has 3 N–H and O–H groups in total. The van der Waals surface area contributed by atoms with E-state index in [0.29, 0.717) is 25.9 Å². The number of hydrogen-bond acceptors (Lipinski definition) is 5. The standard InChI is InChI=1S/C56H107NO5/c1-3-5-7-9-11-13-15-17-19-21-24-28-32-36-40-44-48-54(59)53(52-58)57-55(60)49-45-41-37-33-29-25-22-20-23-27-31-35-39-43-47-51-62-56(61)50-46-42-38-34-30-26-18-16-14-12-10-8-6-4-2/h20,23,27,31,53-54,58-59H,3-19,21-22,24-26,28-30,32-52H2,1-2H3,(H,57,60)/b23-20-,31-27-. The normalized spacial score (nSPS) is 12.8. The summed E-state index contributed by atoms with van der Waals surface area (Å²) in [7, 11) is 0. The van der Waals surface area contributed by atoms with Crippen LogP contribution >= 0.6 is 0 Å². The van der Waals surface area contributed by atoms with Gasteiger partial charge in [-0.05, 0) is 57.8 Å². The Bertz CT molecular complexity index is 966. The van der Waals surface area contributed by atoms with Gasteiger partial charge in [-0.3, -0.25) is 9.59 Å². The fourth-order valence-electron chi connectivity index (χ4n) is 8.51. The predicted molar refractivity (Wildman–Crippen MR) is 269 cm³/mol. The lowest BCUT2D eigenvalue weighted by atomic mass is 10.0. The zero-order valence-corrected chi connectivity index (χ0v) is 41.6. The molecule has 1 amide bonds. The average molecular weight is 874 g/mol. The summed E-state index contributed by atoms with van der Waals surface area (Å²) < 4.78 is 5.44. The van der Waals surface area contributed by atoms with Crippen LogP contribution in [0.3, 0.4) is 0 Å². The molecule has 0 aromatic rings. The third-order valence-corrected chi connectivity index (χ3v) is 12.8. The Labute approximate surface area is 386 Å². The van der Waals surface area contributed by atoms with Crippen LogP contribution in [0.1, 0.15) is 296 Å². The summed E-state index contributed by atoms with van der Waals surface area (Å²) in [6.07, 6.45) is 61.6. The molecule has 0 bridgehead atoms. The number of amides is 1. The van der Waals surface area contributed by atoms with Crippen molar-refractivity contribution in [3.63, 3.8) is 0 Å². The van der Waals surface area contributed by atoms with Gasteiger partial charge in [0.15, 0.2) is 0 Å². The zero-order chi connectivity index (χ0) is 45.1. The molecule has 0 radical (unpaired) electrons. The van der Waals surface area contributed by atoms with Crippen LogP contribution in [0.25, 0.3) is 0 Å². The van der Waals surface area contributed by atoms with E-state index >= 15 is 0 Å². The summed E-state index contributed by atoms with van der Waals surface area (Å²) in [6.45, 7) is 4.91. The number of carbonyl (C=O) groups is 2. The highest BCUT2D eigenvalue weighted by molar-refractivity contribution is 5.76. The minimum absolute atomic E-state index is 0.0192. The van der Waals surface area contributed by atoms with E-state index in [2.05, 4.69) is 43.5 Å². The van der Waals surface area contributed by atoms with Crippen LogP contribution in [-0.4, -0.2) is 47.4 Å². The summed E-state index contributed by atoms with van der Waals surface area (Å²) >= 11 is 0. The Hall–Kier alpha value is -1.66. The summed E-state index contributed by atoms with van der Waals surface area (Å²) in [5, 5.41) is 23.2. The summed E-state index contributed by atoms with van der Waals surface area (Å²) in [5.74, 6) is -0.0752. The van der Waals surface area contributed by atoms with Gasteiger partial charge in [-0.25, -0.2) is 0 Å². The maximum atomic E-state index is 12.5. The largest absolute Gasteiger partial charge is 0.466 e. The van der Waals surface area contributed by atoms with Crippen LogP contribution in [0.4, 0.5) is 0 Å². The number of esters is 1. The third kappa shape index (κ3) is 47.8. The van der Waals surface area contributed by atoms with Crippen LogP contribution in [0.2, 0.25) is 0 Å². The van der Waals surface area contributed by atoms with Crippen molar-refractivity contribution in [1.29, 1.82) is 0 Å². The van der Waals surface area contributed by atoms with E-state index in [1.807, 2.05) is 0 Å². The maximum absolute atomic E-state index is 12.5. The molecule has 0 aromatic heterocycles. The van der Waals surface area contributed by atoms with Gasteiger partial charge in [0, 0.05) is 12.8 Å². The first-order valence-corrected chi connectivity index (χ1v) is 27.6. The zero-order valence-electron chi connectivity index (χ0n) is 41.6. The smallest absolute Gasteiger partial charge is 0.305 e. The third-order valence-electron chi connectivity index (χ3n) is 12.8. The lowest BCUT2D eigenvalue weighted by Crippen LogP contribution is -2.45. The van der Waals surface area contributed by atoms with Gasteiger partial charge in [-0.2, -0.15) is 0 Å². The lowest BCUT2D eigenvalue weighted by Gasteiger charge is -2.22. The monoisotopic (exact) mass is 874 g/mol. The maximum Gasteiger partial charge on any atom is 0.305 e. The Morgan fingerprint density at radius 3 is 1.19 bits per heavy atom. The van der Waals surface area contributed by atoms with Gasteiger partial charge in [0.1, 0.15) is 0 Å². The number of carbonyl (C=O) groups excluding carboxylic acids is 2. The van der Waals surface area contributed by atoms with Crippen LogP contribution < -0.4 is 5.32 Å². The Morgan fingerprint density at radius 1 is 0.452 bits per heavy atom. The van der Waals surface area contributed by atoms with Gasteiger partial charge >= 0.3 is 5.97 Å². The number of ether oxygens (including phenoxy) is 1. The van der Waals surface area contributed by atoms with Crippen molar-refractivity contribution in [1.82, 2.24) is 5.32 Å². The molecule has 0 aliphatic rings. The van der Waals surface area contributed by atoms with Gasteiger partial charge in [-0.1, -0.05) is 250 Å². The molecule has 0 rings (SSSR count). The minimum atomic E-state index is -0.678. The highest BCUT2D eigenvalue weighted by Crippen LogP contribution is 2.17. The molecule has 2 atom stereocenters. The second-order valence-corrected chi connectivity index (χ2v) is 18.9. The molecule has 6 nitrogen and oxygen atoms in total. The first-order chi connectivity index (χ1) is 30.5. The van der Waals surface area contributed by atoms with Crippen molar-refractivity contribution in [2.24, 2.45) is 0 Å². The molecule has 366 valence electrons. The molecule has 0 aromatic carbocycles. The summed E-state index contributed by atoms with van der Waals surface area (Å²) in [6, 6.07) is -0.557. The van der Waals surface area contributed by atoms with Gasteiger partial charge in [0.2, 0.25) is 5.91 Å². The van der Waals surface area contributed by atoms with E-state index in [-0.39, 0.29) is 18.5 Å². The van der Waals surface area contributed by atoms with E-state index in [0.717, 1.165) is 77.0 Å². The quantitative estimate of drug-likeness (QED) is 0.0321. The molecule has 6 heteroatoms. The van der Waals surface area contributed by atoms with Crippen LogP contribution in [0.5, 0.6) is 0 Å². The molecule has 62 heavy (non-hydrogen) atoms. The first-order valence-electron chi connectivity index (χ1n) is 27.6. The van der Waals surface area contributed by atoms with Crippen LogP contribution in [-0.2, 0) is 14.3 Å². The predicted octanol–water partition coefficient (Wildman–Crippen LogP) is 16.7. The Kier molecular flexibility index (Phi) is 50.6. The Morgan fingerprint density at radius 2 is 0.790 bits per heavy atom. The van der Waals surface area contributed by atoms with Crippen molar-refractivity contribution in [2.45, 2.75) is 309 Å². The number of rotatable bonds is 51. The van der Waals surface area contributed by atoms with Crippen LogP contribution in [0, 0.1) is 0 Å². The van der Waals surface area contributed by atoms with Gasteiger partial charge < -0.3 is 20.3 Å². The highest BCUT2D eigenvalue weighted by atomic mass is 16.5. The van der Waals surface area contributed by atoms with Gasteiger partial charge in [0.05, 0.1) is 25.4 Å². The van der Waals surface area contributed by atoms with Crippen molar-refractivity contribution >= 4 is 11.9 Å². The molecule has 0 spiro atoms. The number of aliphatic hydroxyl groups excluding tert-OH is 2. The minimum Gasteiger partial charge on any atom is -0.466 e. The van der Waals surface area contributed by atoms with Crippen molar-refractivity contribution < 1.29 is 24.5 Å². The second-order valence-electron chi connectivity index (χ2n) is 18.9. The molecule has 0 fully saturated rings. The molecule has 0 saturated carbocycles. The topological polar surface area (TPSA) is 95.9 Å². The lowest BCUT2D eigenvalue weighted by molar-refractivity contribution is -0.143. The summed E-state index contributed by atoms with van der Waals surface area (Å²) in [5.41, 5.74) is 0. The molecule has 0 aliphatic heterocycles. The molecule has 0 saturated heterocycles. The molecular weight excluding hydrogens is 767 g/mol. The number of aliphatic hydroxyl groups is 2. The number of allylic oxidation sites excluding steroid dienone is 4. The average Bonchev–Trinajstić information content (AvgIpc) is 3.27. The van der Waals surface area contributed by atoms with Crippen molar-refractivity contribution in [3.8, 4) is 0 Å². The SMILES string of the molecule is CCCCCCCCCCCCCCCCCCC(O)C(CO)NC(=O)CCCCCCCC/C=C\C=C/CCCCCOC(=O)CCCCCCCCCCCCCCCC. The van der Waals surface area contributed by atoms with Crippen molar-refractivity contribution in [2.75, 3.05) is 13.2 Å². The van der Waals surface area contributed by atoms with E-state index in [9.17, 15) is 19.8 Å². The first kappa shape index (κ1) is 60.3. The van der Waals surface area contributed by atoms with Crippen molar-refractivity contribution in [3.05, 3.63) is 24.3 Å². The van der Waals surface area contributed by atoms with E-state index in [1.54, 1.807) is 0 Å². The van der Waals surface area contributed by atoms with E-state index in [4.69, 9.17) is 4.74 Å². The van der Waals surface area contributed by atoms with Crippen LogP contribution in [0.15, 0.2) is 24.3 Å². The fourth-order valence-corrected chi connectivity index (χ4v) is 8.51. The van der Waals surface area contributed by atoms with E-state index < -0.39 is 12.1 Å². The second kappa shape index (κ2) is 52.0. The number of nitrogens with one attached hydrogen (secondary N) is 1. The number of hydrogen-bond donors (Lipinski definition) is 3. The molecule has 0 heterocycles. The van der Waals surface area contributed by atoms with Gasteiger partial charge in [0.25, 0.3) is 0 Å². The molecule has 2 unspecified atom stereocenters. The van der Waals surface area contributed by atoms with Gasteiger partial charge in [-0.15, -0.1) is 0 Å². The van der Waals surface area contributed by atoms with E-state index in [1.165, 1.54) is 186 Å². The number of unbranched alkanes of at least 4 members (excludes halogenated alkanes) is 37.